The van der Waals surface area contributed by atoms with Crippen molar-refractivity contribution >= 4 is 56.0 Å². The van der Waals surface area contributed by atoms with Crippen LogP contribution >= 0.6 is 34.7 Å². The fourth-order valence-corrected chi connectivity index (χ4v) is 3.69. The van der Waals surface area contributed by atoms with Crippen molar-refractivity contribution in [2.75, 3.05) is 11.2 Å². The summed E-state index contributed by atoms with van der Waals surface area (Å²) in [7, 11) is 0. The number of hydrogen-bond donors (Lipinski definition) is 2. The Morgan fingerprint density at radius 1 is 1.26 bits per heavy atom. The molecule has 0 aliphatic heterocycles. The molecule has 4 nitrogen and oxygen atoms in total. The molecule has 0 radical (unpaired) electrons. The number of amides is 1. The third kappa shape index (κ3) is 4.37. The van der Waals surface area contributed by atoms with E-state index in [1.54, 1.807) is 6.07 Å². The van der Waals surface area contributed by atoms with Crippen molar-refractivity contribution in [2.24, 2.45) is 0 Å². The highest BCUT2D eigenvalue weighted by molar-refractivity contribution is 8.00. The van der Waals surface area contributed by atoms with E-state index < -0.39 is 0 Å². The van der Waals surface area contributed by atoms with Crippen molar-refractivity contribution < 1.29 is 4.79 Å². The molecule has 1 aromatic heterocycles. The van der Waals surface area contributed by atoms with Crippen molar-refractivity contribution in [3.8, 4) is 0 Å². The summed E-state index contributed by atoms with van der Waals surface area (Å²) in [5.41, 5.74) is 7.57. The van der Waals surface area contributed by atoms with Gasteiger partial charge in [-0.3, -0.25) is 15.6 Å². The van der Waals surface area contributed by atoms with Crippen molar-refractivity contribution in [1.29, 1.82) is 0 Å². The van der Waals surface area contributed by atoms with Gasteiger partial charge in [-0.15, -0.1) is 11.8 Å². The first-order valence-corrected chi connectivity index (χ1v) is 9.08. The molecule has 0 saturated carbocycles. The number of anilines is 1. The molecule has 0 spiro atoms. The maximum absolute atomic E-state index is 11.9. The zero-order valence-corrected chi connectivity index (χ0v) is 14.7. The van der Waals surface area contributed by atoms with Crippen molar-refractivity contribution in [3.05, 3.63) is 53.1 Å². The summed E-state index contributed by atoms with van der Waals surface area (Å²) in [6.45, 7) is 2.04. The summed E-state index contributed by atoms with van der Waals surface area (Å²) in [6, 6.07) is 13.6. The lowest BCUT2D eigenvalue weighted by atomic mass is 10.2. The van der Waals surface area contributed by atoms with Gasteiger partial charge >= 0.3 is 0 Å². The van der Waals surface area contributed by atoms with E-state index in [4.69, 9.17) is 11.6 Å². The summed E-state index contributed by atoms with van der Waals surface area (Å²) >= 11 is 8.88. The van der Waals surface area contributed by atoms with Gasteiger partial charge in [-0.05, 0) is 37.3 Å². The zero-order chi connectivity index (χ0) is 16.2. The molecule has 23 heavy (non-hydrogen) atoms. The van der Waals surface area contributed by atoms with E-state index >= 15 is 0 Å². The second kappa shape index (κ2) is 7.21. The van der Waals surface area contributed by atoms with Gasteiger partial charge in [0, 0.05) is 9.92 Å². The smallest absolute Gasteiger partial charge is 0.248 e. The number of hydrogen-bond acceptors (Lipinski definition) is 5. The Bertz CT molecular complexity index is 833. The fourth-order valence-electron chi connectivity index (χ4n) is 1.89. The third-order valence-electron chi connectivity index (χ3n) is 3.05. The predicted octanol–water partition coefficient (Wildman–Crippen LogP) is 4.49. The predicted molar refractivity (Wildman–Crippen MR) is 98.3 cm³/mol. The number of rotatable bonds is 5. The van der Waals surface area contributed by atoms with Crippen LogP contribution in [-0.2, 0) is 4.79 Å². The summed E-state index contributed by atoms with van der Waals surface area (Å²) in [6.07, 6.45) is 0. The Hall–Kier alpha value is -1.76. The fraction of sp³-hybridized carbons (Fsp3) is 0.125. The van der Waals surface area contributed by atoms with Crippen LogP contribution in [0.4, 0.5) is 5.13 Å². The van der Waals surface area contributed by atoms with Crippen molar-refractivity contribution in [1.82, 2.24) is 10.4 Å². The van der Waals surface area contributed by atoms with Gasteiger partial charge in [0.05, 0.1) is 16.0 Å². The number of thiazole rings is 1. The van der Waals surface area contributed by atoms with E-state index in [0.29, 0.717) is 15.9 Å². The average molecular weight is 364 g/mol. The van der Waals surface area contributed by atoms with Gasteiger partial charge in [-0.2, -0.15) is 0 Å². The van der Waals surface area contributed by atoms with E-state index in [9.17, 15) is 4.79 Å². The molecule has 1 heterocycles. The zero-order valence-electron chi connectivity index (χ0n) is 12.3. The molecule has 0 unspecified atom stereocenters. The SMILES string of the molecule is Cc1ccc(SCC(=O)NNc2nc3ccc(Cl)cc3s2)cc1. The second-order valence-corrected chi connectivity index (χ2v) is 7.42. The normalized spacial score (nSPS) is 10.7. The van der Waals surface area contributed by atoms with Crippen LogP contribution in [0.25, 0.3) is 10.2 Å². The lowest BCUT2D eigenvalue weighted by molar-refractivity contribution is -0.118. The number of aryl methyl sites for hydroxylation is 1. The van der Waals surface area contributed by atoms with Crippen LogP contribution in [-0.4, -0.2) is 16.6 Å². The Morgan fingerprint density at radius 2 is 2.04 bits per heavy atom. The van der Waals surface area contributed by atoms with Crippen LogP contribution in [0.2, 0.25) is 5.02 Å². The van der Waals surface area contributed by atoms with E-state index in [-0.39, 0.29) is 5.91 Å². The standard InChI is InChI=1S/C16H14ClN3OS2/c1-10-2-5-12(6-3-10)22-9-15(21)19-20-16-18-13-7-4-11(17)8-14(13)23-16/h2-8H,9H2,1H3,(H,18,20)(H,19,21). The molecule has 1 amide bonds. The van der Waals surface area contributed by atoms with Crippen molar-refractivity contribution in [3.63, 3.8) is 0 Å². The monoisotopic (exact) mass is 363 g/mol. The first-order chi connectivity index (χ1) is 11.1. The van der Waals surface area contributed by atoms with Gasteiger partial charge in [0.15, 0.2) is 0 Å². The van der Waals surface area contributed by atoms with E-state index in [0.717, 1.165) is 15.1 Å². The molecule has 3 rings (SSSR count). The molecule has 2 aromatic carbocycles. The quantitative estimate of drug-likeness (QED) is 0.518. The highest BCUT2D eigenvalue weighted by Crippen LogP contribution is 2.27. The van der Waals surface area contributed by atoms with Crippen LogP contribution in [0.3, 0.4) is 0 Å². The Balaban J connectivity index is 1.52. The van der Waals surface area contributed by atoms with Gasteiger partial charge in [-0.25, -0.2) is 4.98 Å². The van der Waals surface area contributed by atoms with Crippen molar-refractivity contribution in [2.45, 2.75) is 11.8 Å². The average Bonchev–Trinajstić information content (AvgIpc) is 2.94. The summed E-state index contributed by atoms with van der Waals surface area (Å²) < 4.78 is 0.975. The van der Waals surface area contributed by atoms with Gasteiger partial charge in [0.1, 0.15) is 0 Å². The Labute approximate surface area is 147 Å². The molecular formula is C16H14ClN3OS2. The minimum Gasteiger partial charge on any atom is -0.273 e. The molecule has 0 fully saturated rings. The molecule has 7 heteroatoms. The first kappa shape index (κ1) is 16.1. The molecule has 0 aliphatic rings. The number of fused-ring (bicyclic) bond motifs is 1. The third-order valence-corrected chi connectivity index (χ3v) is 5.23. The summed E-state index contributed by atoms with van der Waals surface area (Å²) in [5, 5.41) is 1.31. The number of halogens is 1. The lowest BCUT2D eigenvalue weighted by Gasteiger charge is -2.05. The first-order valence-electron chi connectivity index (χ1n) is 6.90. The molecule has 0 saturated heterocycles. The molecule has 3 aromatic rings. The topological polar surface area (TPSA) is 54.0 Å². The summed E-state index contributed by atoms with van der Waals surface area (Å²) in [5.74, 6) is 0.236. The number of thioether (sulfide) groups is 1. The van der Waals surface area contributed by atoms with Crippen LogP contribution in [0.15, 0.2) is 47.4 Å². The van der Waals surface area contributed by atoms with Gasteiger partial charge in [0.25, 0.3) is 0 Å². The summed E-state index contributed by atoms with van der Waals surface area (Å²) in [4.78, 5) is 17.3. The van der Waals surface area contributed by atoms with Crippen LogP contribution in [0.5, 0.6) is 0 Å². The molecule has 2 N–H and O–H groups in total. The maximum atomic E-state index is 11.9. The number of carbonyl (C=O) groups excluding carboxylic acids is 1. The van der Waals surface area contributed by atoms with Crippen LogP contribution in [0, 0.1) is 6.92 Å². The van der Waals surface area contributed by atoms with Gasteiger partial charge in [0.2, 0.25) is 11.0 Å². The van der Waals surface area contributed by atoms with Gasteiger partial charge in [-0.1, -0.05) is 40.6 Å². The molecular weight excluding hydrogens is 350 g/mol. The van der Waals surface area contributed by atoms with E-state index in [1.807, 2.05) is 43.3 Å². The minimum absolute atomic E-state index is 0.104. The Kier molecular flexibility index (Phi) is 5.05. The number of nitrogens with one attached hydrogen (secondary N) is 2. The molecule has 0 atom stereocenters. The highest BCUT2D eigenvalue weighted by Gasteiger charge is 2.06. The van der Waals surface area contributed by atoms with Gasteiger partial charge < -0.3 is 0 Å². The van der Waals surface area contributed by atoms with Crippen LogP contribution in [0.1, 0.15) is 5.56 Å². The maximum Gasteiger partial charge on any atom is 0.248 e. The number of carbonyl (C=O) groups is 1. The lowest BCUT2D eigenvalue weighted by Crippen LogP contribution is -2.30. The van der Waals surface area contributed by atoms with E-state index in [2.05, 4.69) is 15.8 Å². The molecule has 0 aliphatic carbocycles. The van der Waals surface area contributed by atoms with Crippen LogP contribution < -0.4 is 10.9 Å². The van der Waals surface area contributed by atoms with E-state index in [1.165, 1.54) is 28.7 Å². The minimum atomic E-state index is -0.104. The number of nitrogens with zero attached hydrogens (tertiary/aromatic N) is 1. The Morgan fingerprint density at radius 3 is 2.83 bits per heavy atom. The number of aromatic nitrogens is 1. The molecule has 118 valence electrons. The number of hydrazine groups is 1. The number of benzene rings is 2. The molecule has 0 bridgehead atoms. The second-order valence-electron chi connectivity index (χ2n) is 4.91. The highest BCUT2D eigenvalue weighted by atomic mass is 35.5. The largest absolute Gasteiger partial charge is 0.273 e.